The van der Waals surface area contributed by atoms with Crippen LogP contribution in [-0.4, -0.2) is 43.2 Å². The molecule has 142 valence electrons. The standard InChI is InChI=1S/C20H25N5O2/c1-26-19-14-21-20(23-16-6-5-15-13-22-24-17(15)11-16)12-18(19)27-10-4-9-25-7-2-3-8-25/h5-6,11-12,14H,2-4,7-10,13H2,1H3,(H,21,23). The molecule has 2 aliphatic heterocycles. The highest BCUT2D eigenvalue weighted by atomic mass is 16.5. The zero-order valence-corrected chi connectivity index (χ0v) is 15.6. The predicted molar refractivity (Wildman–Crippen MR) is 105 cm³/mol. The Hall–Kier alpha value is -2.67. The summed E-state index contributed by atoms with van der Waals surface area (Å²) in [5.74, 6) is 2.06. The van der Waals surface area contributed by atoms with E-state index in [0.29, 0.717) is 30.5 Å². The Morgan fingerprint density at radius 3 is 2.89 bits per heavy atom. The molecule has 1 aromatic heterocycles. The average molecular weight is 367 g/mol. The van der Waals surface area contributed by atoms with Gasteiger partial charge in [-0.3, -0.25) is 0 Å². The van der Waals surface area contributed by atoms with Crippen molar-refractivity contribution >= 4 is 17.2 Å². The van der Waals surface area contributed by atoms with E-state index in [1.807, 2.05) is 24.3 Å². The normalized spacial score (nSPS) is 15.7. The lowest BCUT2D eigenvalue weighted by atomic mass is 10.2. The van der Waals surface area contributed by atoms with Gasteiger partial charge in [0.25, 0.3) is 0 Å². The zero-order valence-electron chi connectivity index (χ0n) is 15.6. The van der Waals surface area contributed by atoms with Gasteiger partial charge in [0, 0.05) is 23.9 Å². The fourth-order valence-electron chi connectivity index (χ4n) is 3.44. The van der Waals surface area contributed by atoms with Gasteiger partial charge in [-0.15, -0.1) is 0 Å². The second kappa shape index (κ2) is 8.35. The van der Waals surface area contributed by atoms with Gasteiger partial charge in [0.2, 0.25) is 0 Å². The first-order valence-corrected chi connectivity index (χ1v) is 9.48. The fourth-order valence-corrected chi connectivity index (χ4v) is 3.44. The third-order valence-corrected chi connectivity index (χ3v) is 4.90. The van der Waals surface area contributed by atoms with Gasteiger partial charge in [-0.2, -0.15) is 10.2 Å². The maximum absolute atomic E-state index is 5.98. The van der Waals surface area contributed by atoms with Gasteiger partial charge in [-0.1, -0.05) is 6.07 Å². The van der Waals surface area contributed by atoms with E-state index in [1.165, 1.54) is 25.9 Å². The largest absolute Gasteiger partial charge is 0.491 e. The molecule has 1 aromatic carbocycles. The van der Waals surface area contributed by atoms with Crippen molar-refractivity contribution in [2.75, 3.05) is 38.7 Å². The Bertz CT molecular complexity index is 818. The molecular formula is C20H25N5O2. The number of hydrogen-bond acceptors (Lipinski definition) is 7. The lowest BCUT2D eigenvalue weighted by Crippen LogP contribution is -2.21. The number of fused-ring (bicyclic) bond motifs is 1. The lowest BCUT2D eigenvalue weighted by molar-refractivity contribution is 0.254. The second-order valence-corrected chi connectivity index (χ2v) is 6.84. The number of methoxy groups -OCH3 is 1. The highest BCUT2D eigenvalue weighted by Gasteiger charge is 2.12. The van der Waals surface area contributed by atoms with Crippen LogP contribution in [0.5, 0.6) is 11.5 Å². The molecule has 0 atom stereocenters. The number of nitrogens with one attached hydrogen (secondary N) is 1. The van der Waals surface area contributed by atoms with Gasteiger partial charge >= 0.3 is 0 Å². The average Bonchev–Trinajstić information content (AvgIpc) is 3.37. The van der Waals surface area contributed by atoms with Crippen molar-refractivity contribution in [3.8, 4) is 11.5 Å². The van der Waals surface area contributed by atoms with E-state index in [4.69, 9.17) is 9.47 Å². The van der Waals surface area contributed by atoms with Crippen LogP contribution in [0.25, 0.3) is 0 Å². The summed E-state index contributed by atoms with van der Waals surface area (Å²) >= 11 is 0. The van der Waals surface area contributed by atoms with E-state index < -0.39 is 0 Å². The monoisotopic (exact) mass is 367 g/mol. The number of benzene rings is 1. The van der Waals surface area contributed by atoms with Gasteiger partial charge < -0.3 is 19.7 Å². The summed E-state index contributed by atoms with van der Waals surface area (Å²) < 4.78 is 11.4. The molecular weight excluding hydrogens is 342 g/mol. The van der Waals surface area contributed by atoms with Crippen LogP contribution in [0.2, 0.25) is 0 Å². The number of aromatic nitrogens is 1. The molecule has 0 spiro atoms. The van der Waals surface area contributed by atoms with Crippen LogP contribution in [0.3, 0.4) is 0 Å². The molecule has 2 aromatic rings. The number of rotatable bonds is 8. The Morgan fingerprint density at radius 2 is 2.04 bits per heavy atom. The van der Waals surface area contributed by atoms with Gasteiger partial charge in [0.05, 0.1) is 32.1 Å². The van der Waals surface area contributed by atoms with Crippen molar-refractivity contribution in [1.29, 1.82) is 0 Å². The topological polar surface area (TPSA) is 71.3 Å². The third kappa shape index (κ3) is 4.36. The SMILES string of the molecule is COc1cnc(Nc2ccc3c(c2)N=NC3)cc1OCCCN1CCCC1. The minimum Gasteiger partial charge on any atom is -0.491 e. The first-order valence-electron chi connectivity index (χ1n) is 9.48. The Kier molecular flexibility index (Phi) is 5.48. The van der Waals surface area contributed by atoms with Crippen molar-refractivity contribution in [3.63, 3.8) is 0 Å². The molecule has 2 aliphatic rings. The van der Waals surface area contributed by atoms with Gasteiger partial charge in [0.15, 0.2) is 11.5 Å². The molecule has 0 aliphatic carbocycles. The van der Waals surface area contributed by atoms with Crippen LogP contribution in [0.15, 0.2) is 40.7 Å². The third-order valence-electron chi connectivity index (χ3n) is 4.90. The summed E-state index contributed by atoms with van der Waals surface area (Å²) in [4.78, 5) is 6.90. The molecule has 7 heteroatoms. The molecule has 0 unspecified atom stereocenters. The molecule has 0 radical (unpaired) electrons. The molecule has 0 bridgehead atoms. The fraction of sp³-hybridized carbons (Fsp3) is 0.450. The lowest BCUT2D eigenvalue weighted by Gasteiger charge is -2.16. The van der Waals surface area contributed by atoms with Crippen molar-refractivity contribution in [2.24, 2.45) is 10.2 Å². The minimum absolute atomic E-state index is 0.643. The number of pyridine rings is 1. The number of anilines is 2. The summed E-state index contributed by atoms with van der Waals surface area (Å²) in [5, 5.41) is 11.5. The Morgan fingerprint density at radius 1 is 1.15 bits per heavy atom. The maximum Gasteiger partial charge on any atom is 0.179 e. The second-order valence-electron chi connectivity index (χ2n) is 6.84. The number of hydrogen-bond donors (Lipinski definition) is 1. The number of nitrogens with zero attached hydrogens (tertiary/aromatic N) is 4. The van der Waals surface area contributed by atoms with Crippen LogP contribution in [0, 0.1) is 0 Å². The number of ether oxygens (including phenoxy) is 2. The Balaban J connectivity index is 1.38. The van der Waals surface area contributed by atoms with E-state index in [0.717, 1.165) is 29.9 Å². The molecule has 1 saturated heterocycles. The quantitative estimate of drug-likeness (QED) is 0.705. The van der Waals surface area contributed by atoms with Crippen LogP contribution >= 0.6 is 0 Å². The zero-order chi connectivity index (χ0) is 18.5. The van der Waals surface area contributed by atoms with Crippen molar-refractivity contribution in [1.82, 2.24) is 9.88 Å². The van der Waals surface area contributed by atoms with Gasteiger partial charge in [-0.25, -0.2) is 4.98 Å². The Labute approximate surface area is 159 Å². The van der Waals surface area contributed by atoms with Crippen LogP contribution in [-0.2, 0) is 6.54 Å². The first-order chi connectivity index (χ1) is 13.3. The summed E-state index contributed by atoms with van der Waals surface area (Å²) in [7, 11) is 1.63. The molecule has 1 N–H and O–H groups in total. The number of likely N-dealkylation sites (tertiary alicyclic amines) is 1. The van der Waals surface area contributed by atoms with Crippen LogP contribution in [0.4, 0.5) is 17.2 Å². The van der Waals surface area contributed by atoms with Gasteiger partial charge in [-0.05, 0) is 44.5 Å². The summed E-state index contributed by atoms with van der Waals surface area (Å²) in [6.45, 7) is 4.84. The molecule has 4 rings (SSSR count). The van der Waals surface area contributed by atoms with Crippen molar-refractivity contribution in [2.45, 2.75) is 25.8 Å². The highest BCUT2D eigenvalue weighted by molar-refractivity contribution is 5.65. The molecule has 3 heterocycles. The van der Waals surface area contributed by atoms with E-state index >= 15 is 0 Å². The van der Waals surface area contributed by atoms with Crippen LogP contribution in [0.1, 0.15) is 24.8 Å². The maximum atomic E-state index is 5.98. The minimum atomic E-state index is 0.643. The van der Waals surface area contributed by atoms with Crippen LogP contribution < -0.4 is 14.8 Å². The van der Waals surface area contributed by atoms with Crippen molar-refractivity contribution in [3.05, 3.63) is 36.0 Å². The molecule has 27 heavy (non-hydrogen) atoms. The molecule has 0 saturated carbocycles. The van der Waals surface area contributed by atoms with E-state index in [2.05, 4.69) is 25.4 Å². The summed E-state index contributed by atoms with van der Waals surface area (Å²) in [6.07, 6.45) is 5.32. The van der Waals surface area contributed by atoms with E-state index in [-0.39, 0.29) is 0 Å². The summed E-state index contributed by atoms with van der Waals surface area (Å²) in [5.41, 5.74) is 2.98. The van der Waals surface area contributed by atoms with E-state index in [9.17, 15) is 0 Å². The molecule has 0 amide bonds. The molecule has 1 fully saturated rings. The first kappa shape index (κ1) is 17.7. The highest BCUT2D eigenvalue weighted by Crippen LogP contribution is 2.33. The molecule has 7 nitrogen and oxygen atoms in total. The smallest absolute Gasteiger partial charge is 0.179 e. The summed E-state index contributed by atoms with van der Waals surface area (Å²) in [6, 6.07) is 7.91. The van der Waals surface area contributed by atoms with E-state index in [1.54, 1.807) is 13.3 Å². The van der Waals surface area contributed by atoms with Gasteiger partial charge in [0.1, 0.15) is 5.82 Å². The van der Waals surface area contributed by atoms with Crippen molar-refractivity contribution < 1.29 is 9.47 Å². The predicted octanol–water partition coefficient (Wildman–Crippen LogP) is 4.30. The number of azo groups is 1.